The molecule has 5 rings (SSSR count). The summed E-state index contributed by atoms with van der Waals surface area (Å²) >= 11 is 0. The first kappa shape index (κ1) is 25.3. The van der Waals surface area contributed by atoms with E-state index in [-0.39, 0.29) is 12.5 Å². The minimum absolute atomic E-state index is 0.172. The van der Waals surface area contributed by atoms with E-state index in [0.29, 0.717) is 35.6 Å². The molecule has 0 aliphatic carbocycles. The molecule has 2 N–H and O–H groups in total. The van der Waals surface area contributed by atoms with E-state index in [0.717, 1.165) is 68.9 Å². The van der Waals surface area contributed by atoms with Crippen molar-refractivity contribution in [3.8, 4) is 17.0 Å². The fraction of sp³-hybridized carbons (Fsp3) is 0.448. The van der Waals surface area contributed by atoms with Crippen LogP contribution in [0.15, 0.2) is 59.2 Å². The monoisotopic (exact) mass is 504 g/mol. The van der Waals surface area contributed by atoms with Crippen molar-refractivity contribution in [2.75, 3.05) is 44.8 Å². The third kappa shape index (κ3) is 5.81. The van der Waals surface area contributed by atoms with Crippen LogP contribution in [0, 0.1) is 5.92 Å². The van der Waals surface area contributed by atoms with Crippen molar-refractivity contribution < 1.29 is 19.1 Å². The number of likely N-dealkylation sites (tertiary alicyclic amines) is 1. The first-order valence-electron chi connectivity index (χ1n) is 13.2. The van der Waals surface area contributed by atoms with Gasteiger partial charge in [-0.3, -0.25) is 9.69 Å². The van der Waals surface area contributed by atoms with Crippen molar-refractivity contribution in [2.24, 2.45) is 5.92 Å². The molecule has 1 atom stereocenters. The summed E-state index contributed by atoms with van der Waals surface area (Å²) in [5, 5.41) is 12.6. The van der Waals surface area contributed by atoms with Crippen molar-refractivity contribution in [3.05, 3.63) is 66.1 Å². The number of nitrogens with zero attached hydrogens (tertiary/aromatic N) is 3. The van der Waals surface area contributed by atoms with Crippen LogP contribution in [0.2, 0.25) is 0 Å². The zero-order chi connectivity index (χ0) is 25.6. The molecule has 2 aliphatic rings. The standard InChI is InChI=1S/C29H36N4O4/c1-36-27-9-3-2-8-24(27)26-11-10-25(29(35)30-18-23-7-5-17-37-23)28(31-26)32-15-12-22(13-16-32)33-14-4-6-21(19-33)20-34/h2-3,5,7-11,17,21-22,34H,4,6,12-16,18-20H2,1H3,(H,30,35)/t21-/m0/s1. The number of amides is 1. The van der Waals surface area contributed by atoms with Gasteiger partial charge >= 0.3 is 0 Å². The zero-order valence-corrected chi connectivity index (χ0v) is 21.4. The van der Waals surface area contributed by atoms with Crippen LogP contribution in [-0.2, 0) is 6.54 Å². The number of methoxy groups -OCH3 is 1. The van der Waals surface area contributed by atoms with Crippen LogP contribution in [0.5, 0.6) is 5.75 Å². The number of anilines is 1. The van der Waals surface area contributed by atoms with Gasteiger partial charge in [-0.15, -0.1) is 0 Å². The Kier molecular flexibility index (Phi) is 8.06. The molecule has 3 aromatic rings. The van der Waals surface area contributed by atoms with E-state index in [9.17, 15) is 9.90 Å². The number of aromatic nitrogens is 1. The van der Waals surface area contributed by atoms with Crippen molar-refractivity contribution in [3.63, 3.8) is 0 Å². The zero-order valence-electron chi connectivity index (χ0n) is 21.4. The van der Waals surface area contributed by atoms with Gasteiger partial charge in [0.05, 0.1) is 31.2 Å². The molecule has 0 unspecified atom stereocenters. The van der Waals surface area contributed by atoms with Gasteiger partial charge in [0, 0.05) is 37.8 Å². The Morgan fingerprint density at radius 3 is 2.70 bits per heavy atom. The summed E-state index contributed by atoms with van der Waals surface area (Å²) < 4.78 is 11.0. The highest BCUT2D eigenvalue weighted by atomic mass is 16.5. The average Bonchev–Trinajstić information content (AvgIpc) is 3.49. The molecule has 0 radical (unpaired) electrons. The molecule has 4 heterocycles. The van der Waals surface area contributed by atoms with Gasteiger partial charge in [-0.05, 0) is 74.5 Å². The quantitative estimate of drug-likeness (QED) is 0.480. The lowest BCUT2D eigenvalue weighted by atomic mass is 9.94. The summed E-state index contributed by atoms with van der Waals surface area (Å²) in [6, 6.07) is 15.7. The number of aliphatic hydroxyl groups is 1. The molecule has 2 aromatic heterocycles. The van der Waals surface area contributed by atoms with E-state index < -0.39 is 0 Å². The summed E-state index contributed by atoms with van der Waals surface area (Å²) in [5.74, 6) is 2.37. The van der Waals surface area contributed by atoms with Gasteiger partial charge in [0.1, 0.15) is 17.3 Å². The normalized spacial score (nSPS) is 19.1. The number of pyridine rings is 1. The Morgan fingerprint density at radius 2 is 1.95 bits per heavy atom. The Bertz CT molecular complexity index is 1170. The second-order valence-corrected chi connectivity index (χ2v) is 9.93. The van der Waals surface area contributed by atoms with Crippen LogP contribution in [0.25, 0.3) is 11.3 Å². The molecular weight excluding hydrogens is 468 g/mol. The number of aliphatic hydroxyl groups excluding tert-OH is 1. The van der Waals surface area contributed by atoms with Crippen LogP contribution >= 0.6 is 0 Å². The Labute approximate surface area is 218 Å². The largest absolute Gasteiger partial charge is 0.496 e. The second-order valence-electron chi connectivity index (χ2n) is 9.93. The van der Waals surface area contributed by atoms with Crippen molar-refractivity contribution >= 4 is 11.7 Å². The molecule has 0 bridgehead atoms. The third-order valence-corrected chi connectivity index (χ3v) is 7.59. The predicted octanol–water partition coefficient (Wildman–Crippen LogP) is 3.95. The number of ether oxygens (including phenoxy) is 1. The van der Waals surface area contributed by atoms with E-state index in [4.69, 9.17) is 14.1 Å². The first-order valence-corrected chi connectivity index (χ1v) is 13.2. The lowest BCUT2D eigenvalue weighted by Crippen LogP contribution is -2.49. The van der Waals surface area contributed by atoms with E-state index >= 15 is 0 Å². The number of carbonyl (C=O) groups excluding carboxylic acids is 1. The van der Waals surface area contributed by atoms with E-state index in [2.05, 4.69) is 15.1 Å². The molecule has 37 heavy (non-hydrogen) atoms. The Balaban J connectivity index is 1.38. The fourth-order valence-corrected chi connectivity index (χ4v) is 5.57. The van der Waals surface area contributed by atoms with Crippen LogP contribution in [-0.4, -0.2) is 66.8 Å². The summed E-state index contributed by atoms with van der Waals surface area (Å²) in [6.45, 7) is 4.32. The highest BCUT2D eigenvalue weighted by molar-refractivity contribution is 5.99. The van der Waals surface area contributed by atoms with Crippen LogP contribution in [0.3, 0.4) is 0 Å². The van der Waals surface area contributed by atoms with Gasteiger partial charge in [0.15, 0.2) is 0 Å². The Morgan fingerprint density at radius 1 is 1.11 bits per heavy atom. The van der Waals surface area contributed by atoms with Crippen LogP contribution in [0.1, 0.15) is 41.8 Å². The van der Waals surface area contributed by atoms with E-state index in [1.165, 1.54) is 0 Å². The molecule has 2 fully saturated rings. The molecule has 2 aliphatic heterocycles. The van der Waals surface area contributed by atoms with E-state index in [1.807, 2.05) is 48.5 Å². The lowest BCUT2D eigenvalue weighted by Gasteiger charge is -2.42. The fourth-order valence-electron chi connectivity index (χ4n) is 5.57. The molecule has 1 amide bonds. The van der Waals surface area contributed by atoms with Crippen molar-refractivity contribution in [2.45, 2.75) is 38.3 Å². The maximum absolute atomic E-state index is 13.3. The molecular formula is C29H36N4O4. The minimum Gasteiger partial charge on any atom is -0.496 e. The molecule has 196 valence electrons. The molecule has 2 saturated heterocycles. The summed E-state index contributed by atoms with van der Waals surface area (Å²) in [6.07, 6.45) is 5.88. The number of nitrogens with one attached hydrogen (secondary N) is 1. The number of rotatable bonds is 8. The second kappa shape index (κ2) is 11.8. The molecule has 8 nitrogen and oxygen atoms in total. The number of hydrogen-bond donors (Lipinski definition) is 2. The van der Waals surface area contributed by atoms with Crippen molar-refractivity contribution in [1.82, 2.24) is 15.2 Å². The molecule has 0 spiro atoms. The minimum atomic E-state index is -0.172. The molecule has 1 aromatic carbocycles. The smallest absolute Gasteiger partial charge is 0.255 e. The summed E-state index contributed by atoms with van der Waals surface area (Å²) in [5.41, 5.74) is 2.23. The van der Waals surface area contributed by atoms with Gasteiger partial charge in [-0.1, -0.05) is 12.1 Å². The van der Waals surface area contributed by atoms with Gasteiger partial charge in [0.2, 0.25) is 0 Å². The van der Waals surface area contributed by atoms with Gasteiger partial charge in [-0.2, -0.15) is 0 Å². The number of piperidine rings is 2. The SMILES string of the molecule is COc1ccccc1-c1ccc(C(=O)NCc2ccco2)c(N2CCC(N3CCC[C@H](CO)C3)CC2)n1. The van der Waals surface area contributed by atoms with E-state index in [1.54, 1.807) is 13.4 Å². The third-order valence-electron chi connectivity index (χ3n) is 7.59. The lowest BCUT2D eigenvalue weighted by molar-refractivity contribution is 0.0777. The number of carbonyl (C=O) groups is 1. The number of benzene rings is 1. The Hall–Kier alpha value is -3.36. The van der Waals surface area contributed by atoms with Crippen LogP contribution < -0.4 is 15.0 Å². The maximum Gasteiger partial charge on any atom is 0.255 e. The summed E-state index contributed by atoms with van der Waals surface area (Å²) in [7, 11) is 1.66. The first-order chi connectivity index (χ1) is 18.2. The highest BCUT2D eigenvalue weighted by Crippen LogP contribution is 2.33. The van der Waals surface area contributed by atoms with Crippen molar-refractivity contribution in [1.29, 1.82) is 0 Å². The van der Waals surface area contributed by atoms with Gasteiger partial charge < -0.3 is 24.5 Å². The predicted molar refractivity (Wildman–Crippen MR) is 143 cm³/mol. The molecule has 8 heteroatoms. The average molecular weight is 505 g/mol. The molecule has 0 saturated carbocycles. The number of furan rings is 1. The maximum atomic E-state index is 13.3. The summed E-state index contributed by atoms with van der Waals surface area (Å²) in [4.78, 5) is 23.1. The highest BCUT2D eigenvalue weighted by Gasteiger charge is 2.30. The van der Waals surface area contributed by atoms with Gasteiger partial charge in [0.25, 0.3) is 5.91 Å². The van der Waals surface area contributed by atoms with Gasteiger partial charge in [-0.25, -0.2) is 4.98 Å². The van der Waals surface area contributed by atoms with Crippen LogP contribution in [0.4, 0.5) is 5.82 Å². The topological polar surface area (TPSA) is 91.1 Å². The number of hydrogen-bond acceptors (Lipinski definition) is 7. The number of para-hydroxylation sites is 1.